The summed E-state index contributed by atoms with van der Waals surface area (Å²) >= 11 is 9.54. The highest BCUT2D eigenvalue weighted by Gasteiger charge is 2.26. The average molecular weight is 436 g/mol. The van der Waals surface area contributed by atoms with Gasteiger partial charge in [-0.2, -0.15) is 10.1 Å². The molecule has 136 valence electrons. The van der Waals surface area contributed by atoms with Crippen LogP contribution in [0.1, 0.15) is 37.3 Å². The fourth-order valence-electron chi connectivity index (χ4n) is 2.80. The normalized spacial score (nSPS) is 19.3. The molecular formula is C18H20BrClN6. The predicted octanol–water partition coefficient (Wildman–Crippen LogP) is 4.88. The van der Waals surface area contributed by atoms with Crippen molar-refractivity contribution in [3.8, 4) is 0 Å². The van der Waals surface area contributed by atoms with Crippen molar-refractivity contribution < 1.29 is 0 Å². The average Bonchev–Trinajstić information content (AvgIpc) is 3.39. The molecule has 0 radical (unpaired) electrons. The summed E-state index contributed by atoms with van der Waals surface area (Å²) in [6, 6.07) is 2.05. The van der Waals surface area contributed by atoms with E-state index in [1.54, 1.807) is 6.20 Å². The maximum Gasteiger partial charge on any atom is 0.224 e. The van der Waals surface area contributed by atoms with Crippen molar-refractivity contribution in [2.45, 2.75) is 37.0 Å². The molecule has 2 aliphatic carbocycles. The number of H-pyrrole nitrogens is 1. The zero-order valence-electron chi connectivity index (χ0n) is 14.2. The Morgan fingerprint density at radius 1 is 1.35 bits per heavy atom. The van der Waals surface area contributed by atoms with E-state index < -0.39 is 0 Å². The molecule has 1 fully saturated rings. The van der Waals surface area contributed by atoms with Crippen LogP contribution in [-0.2, 0) is 0 Å². The number of hydrogen-bond acceptors (Lipinski definition) is 5. The summed E-state index contributed by atoms with van der Waals surface area (Å²) in [4.78, 5) is 8.87. The van der Waals surface area contributed by atoms with Crippen LogP contribution in [0.4, 0.5) is 17.6 Å². The Labute approximate surface area is 165 Å². The van der Waals surface area contributed by atoms with Crippen LogP contribution in [0, 0.1) is 0 Å². The van der Waals surface area contributed by atoms with E-state index in [0.717, 1.165) is 35.4 Å². The number of allylic oxidation sites excluding steroid dienone is 3. The van der Waals surface area contributed by atoms with Crippen LogP contribution in [0.25, 0.3) is 0 Å². The second-order valence-corrected chi connectivity index (χ2v) is 7.98. The number of aromatic nitrogens is 4. The maximum absolute atomic E-state index is 6.05. The third-order valence-corrected chi connectivity index (χ3v) is 5.32. The third kappa shape index (κ3) is 4.45. The number of alkyl halides is 1. The van der Waals surface area contributed by atoms with Crippen LogP contribution in [0.2, 0.25) is 0 Å². The molecule has 0 saturated heterocycles. The summed E-state index contributed by atoms with van der Waals surface area (Å²) in [6.45, 7) is 0.764. The topological polar surface area (TPSA) is 78.5 Å². The van der Waals surface area contributed by atoms with E-state index in [-0.39, 0.29) is 5.38 Å². The molecule has 1 saturated carbocycles. The first-order valence-electron chi connectivity index (χ1n) is 8.77. The maximum atomic E-state index is 6.05. The highest BCUT2D eigenvalue weighted by atomic mass is 79.9. The van der Waals surface area contributed by atoms with Crippen LogP contribution < -0.4 is 10.6 Å². The molecule has 2 heterocycles. The van der Waals surface area contributed by atoms with Gasteiger partial charge in [-0.3, -0.25) is 5.10 Å². The Balaban J connectivity index is 1.35. The Morgan fingerprint density at radius 2 is 2.23 bits per heavy atom. The molecule has 1 unspecified atom stereocenters. The molecule has 0 aromatic carbocycles. The molecule has 4 rings (SSSR count). The summed E-state index contributed by atoms with van der Waals surface area (Å²) in [5.74, 6) is 2.75. The molecule has 2 aliphatic rings. The van der Waals surface area contributed by atoms with Crippen molar-refractivity contribution in [1.82, 2.24) is 20.2 Å². The van der Waals surface area contributed by atoms with E-state index in [0.29, 0.717) is 17.7 Å². The van der Waals surface area contributed by atoms with Crippen molar-refractivity contribution in [2.75, 3.05) is 17.2 Å². The van der Waals surface area contributed by atoms with Gasteiger partial charge in [0, 0.05) is 24.7 Å². The molecule has 0 amide bonds. The Kier molecular flexibility index (Phi) is 5.26. The van der Waals surface area contributed by atoms with Crippen molar-refractivity contribution in [2.24, 2.45) is 0 Å². The zero-order valence-corrected chi connectivity index (χ0v) is 16.5. The molecule has 6 nitrogen and oxygen atoms in total. The van der Waals surface area contributed by atoms with E-state index in [2.05, 4.69) is 58.9 Å². The van der Waals surface area contributed by atoms with Crippen LogP contribution in [-0.4, -0.2) is 32.1 Å². The van der Waals surface area contributed by atoms with Gasteiger partial charge < -0.3 is 10.6 Å². The summed E-state index contributed by atoms with van der Waals surface area (Å²) in [5.41, 5.74) is 2.40. The fraction of sp³-hybridized carbons (Fsp3) is 0.389. The van der Waals surface area contributed by atoms with Gasteiger partial charge in [0.1, 0.15) is 5.82 Å². The summed E-state index contributed by atoms with van der Waals surface area (Å²) < 4.78 is 0.802. The van der Waals surface area contributed by atoms with Crippen LogP contribution in [0.3, 0.4) is 0 Å². The van der Waals surface area contributed by atoms with Gasteiger partial charge in [0.25, 0.3) is 0 Å². The molecular weight excluding hydrogens is 416 g/mol. The summed E-state index contributed by atoms with van der Waals surface area (Å²) in [7, 11) is 0. The lowest BCUT2D eigenvalue weighted by molar-refractivity contribution is 0.943. The number of aromatic amines is 1. The highest BCUT2D eigenvalue weighted by molar-refractivity contribution is 9.10. The Morgan fingerprint density at radius 3 is 3.00 bits per heavy atom. The number of nitrogens with zero attached hydrogens (tertiary/aromatic N) is 3. The van der Waals surface area contributed by atoms with E-state index in [9.17, 15) is 0 Å². The predicted molar refractivity (Wildman–Crippen MR) is 108 cm³/mol. The number of rotatable bonds is 7. The van der Waals surface area contributed by atoms with Gasteiger partial charge >= 0.3 is 0 Å². The second kappa shape index (κ2) is 7.80. The minimum absolute atomic E-state index is 0.123. The zero-order chi connectivity index (χ0) is 17.9. The van der Waals surface area contributed by atoms with E-state index in [1.165, 1.54) is 18.4 Å². The van der Waals surface area contributed by atoms with Crippen LogP contribution >= 0.6 is 27.5 Å². The number of halogens is 2. The number of nitrogens with one attached hydrogen (secondary N) is 3. The van der Waals surface area contributed by atoms with Crippen molar-refractivity contribution in [3.63, 3.8) is 0 Å². The molecule has 8 heteroatoms. The number of anilines is 3. The monoisotopic (exact) mass is 434 g/mol. The standard InChI is InChI=1S/C18H20BrClN6/c19-14-10-22-18(21-8-7-11-1-5-13(20)6-2-11)24-17(14)23-16-9-15(25-26-16)12-3-4-12/h1-2,5,9-10,12-13H,3-4,6-8H2,(H3,21,22,23,24,25,26). The van der Waals surface area contributed by atoms with Crippen molar-refractivity contribution in [3.05, 3.63) is 46.2 Å². The third-order valence-electron chi connectivity index (χ3n) is 4.41. The summed E-state index contributed by atoms with van der Waals surface area (Å²) in [5, 5.41) is 14.0. The quantitative estimate of drug-likeness (QED) is 0.540. The highest BCUT2D eigenvalue weighted by Crippen LogP contribution is 2.39. The van der Waals surface area contributed by atoms with E-state index in [4.69, 9.17) is 11.6 Å². The van der Waals surface area contributed by atoms with Gasteiger partial charge in [0.05, 0.1) is 15.5 Å². The van der Waals surface area contributed by atoms with Gasteiger partial charge in [-0.25, -0.2) is 4.98 Å². The molecule has 26 heavy (non-hydrogen) atoms. The number of hydrogen-bond donors (Lipinski definition) is 3. The van der Waals surface area contributed by atoms with Gasteiger partial charge in [-0.05, 0) is 41.6 Å². The second-order valence-electron chi connectivity index (χ2n) is 6.56. The first kappa shape index (κ1) is 17.5. The Bertz CT molecular complexity index is 842. The van der Waals surface area contributed by atoms with Crippen molar-refractivity contribution >= 4 is 45.1 Å². The van der Waals surface area contributed by atoms with E-state index in [1.807, 2.05) is 12.1 Å². The molecule has 0 aliphatic heterocycles. The first-order chi connectivity index (χ1) is 12.7. The van der Waals surface area contributed by atoms with Gasteiger partial charge in [-0.1, -0.05) is 23.8 Å². The van der Waals surface area contributed by atoms with Crippen LogP contribution in [0.5, 0.6) is 0 Å². The molecule has 0 bridgehead atoms. The lowest BCUT2D eigenvalue weighted by Crippen LogP contribution is -2.08. The minimum atomic E-state index is 0.123. The lowest BCUT2D eigenvalue weighted by atomic mass is 10.0. The molecule has 3 N–H and O–H groups in total. The minimum Gasteiger partial charge on any atom is -0.354 e. The van der Waals surface area contributed by atoms with Crippen LogP contribution in [0.15, 0.2) is 40.5 Å². The summed E-state index contributed by atoms with van der Waals surface area (Å²) in [6.07, 6.45) is 12.3. The smallest absolute Gasteiger partial charge is 0.224 e. The SMILES string of the molecule is ClC1C=CC(CCNc2ncc(Br)c(Nc3cc(C4CC4)n[nH]3)n2)=CC1. The molecule has 1 atom stereocenters. The lowest BCUT2D eigenvalue weighted by Gasteiger charge is -2.12. The molecule has 2 aromatic heterocycles. The first-order valence-corrected chi connectivity index (χ1v) is 10.0. The van der Waals surface area contributed by atoms with Gasteiger partial charge in [-0.15, -0.1) is 11.6 Å². The van der Waals surface area contributed by atoms with Crippen molar-refractivity contribution in [1.29, 1.82) is 0 Å². The van der Waals surface area contributed by atoms with Gasteiger partial charge in [0.15, 0.2) is 5.82 Å². The van der Waals surface area contributed by atoms with Gasteiger partial charge in [0.2, 0.25) is 5.95 Å². The fourth-order valence-corrected chi connectivity index (χ4v) is 3.25. The molecule has 0 spiro atoms. The molecule has 2 aromatic rings. The largest absolute Gasteiger partial charge is 0.354 e. The Hall–Kier alpha value is -1.86. The van der Waals surface area contributed by atoms with E-state index >= 15 is 0 Å².